The molecule has 0 spiro atoms. The second-order valence-electron chi connectivity index (χ2n) is 5.37. The molecule has 4 heteroatoms. The molecule has 0 amide bonds. The van der Waals surface area contributed by atoms with Gasteiger partial charge in [0.25, 0.3) is 0 Å². The lowest BCUT2D eigenvalue weighted by molar-refractivity contribution is 1.14. The third kappa shape index (κ3) is 2.33. The van der Waals surface area contributed by atoms with Crippen molar-refractivity contribution < 1.29 is 0 Å². The maximum absolute atomic E-state index is 9.30. The van der Waals surface area contributed by atoms with Crippen LogP contribution < -0.4 is 10.6 Å². The summed E-state index contributed by atoms with van der Waals surface area (Å²) in [5.74, 6) is 0.267. The van der Waals surface area contributed by atoms with E-state index in [9.17, 15) is 5.26 Å². The number of benzene rings is 2. The molecule has 0 unspecified atom stereocenters. The molecule has 2 aromatic carbocycles. The number of nitrogens with two attached hydrogens (primary N) is 1. The molecule has 0 aliphatic heterocycles. The number of pyridine rings is 1. The Morgan fingerprint density at radius 2 is 1.77 bits per heavy atom. The van der Waals surface area contributed by atoms with Gasteiger partial charge in [-0.1, -0.05) is 18.2 Å². The highest BCUT2D eigenvalue weighted by Crippen LogP contribution is 2.30. The fourth-order valence-corrected chi connectivity index (χ4v) is 2.51. The van der Waals surface area contributed by atoms with Gasteiger partial charge >= 0.3 is 0 Å². The molecule has 0 saturated heterocycles. The van der Waals surface area contributed by atoms with Gasteiger partial charge in [-0.15, -0.1) is 0 Å². The molecule has 1 heterocycles. The fraction of sp³-hybridized carbons (Fsp3) is 0.111. The molecular weight excluding hydrogens is 272 g/mol. The normalized spacial score (nSPS) is 10.4. The van der Waals surface area contributed by atoms with Gasteiger partial charge in [0.1, 0.15) is 17.5 Å². The third-order valence-electron chi connectivity index (χ3n) is 3.74. The van der Waals surface area contributed by atoms with E-state index in [0.29, 0.717) is 5.56 Å². The molecule has 1 aromatic heterocycles. The van der Waals surface area contributed by atoms with E-state index < -0.39 is 0 Å². The van der Waals surface area contributed by atoms with Crippen molar-refractivity contribution in [2.24, 2.45) is 0 Å². The maximum atomic E-state index is 9.30. The first-order valence-electron chi connectivity index (χ1n) is 6.96. The van der Waals surface area contributed by atoms with E-state index in [1.54, 1.807) is 6.20 Å². The Bertz CT molecular complexity index is 891. The topological polar surface area (TPSA) is 65.9 Å². The van der Waals surface area contributed by atoms with Gasteiger partial charge in [-0.3, -0.25) is 0 Å². The van der Waals surface area contributed by atoms with Crippen molar-refractivity contribution in [1.82, 2.24) is 4.98 Å². The second kappa shape index (κ2) is 5.38. The molecule has 3 aromatic rings. The van der Waals surface area contributed by atoms with Crippen molar-refractivity contribution in [3.05, 3.63) is 54.2 Å². The van der Waals surface area contributed by atoms with Gasteiger partial charge in [-0.2, -0.15) is 5.26 Å². The largest absolute Gasteiger partial charge is 0.383 e. The van der Waals surface area contributed by atoms with E-state index >= 15 is 0 Å². The van der Waals surface area contributed by atoms with Crippen LogP contribution in [0, 0.1) is 11.3 Å². The lowest BCUT2D eigenvalue weighted by atomic mass is 9.98. The first kappa shape index (κ1) is 13.9. The van der Waals surface area contributed by atoms with Crippen molar-refractivity contribution in [2.75, 3.05) is 24.7 Å². The summed E-state index contributed by atoms with van der Waals surface area (Å²) in [5.41, 5.74) is 9.16. The molecule has 4 nitrogen and oxygen atoms in total. The molecule has 0 fully saturated rings. The molecule has 0 atom stereocenters. The van der Waals surface area contributed by atoms with Crippen LogP contribution in [0.4, 0.5) is 11.5 Å². The Labute approximate surface area is 129 Å². The third-order valence-corrected chi connectivity index (χ3v) is 3.74. The van der Waals surface area contributed by atoms with Crippen LogP contribution >= 0.6 is 0 Å². The number of anilines is 2. The Hall–Kier alpha value is -3.06. The number of hydrogen-bond acceptors (Lipinski definition) is 4. The summed E-state index contributed by atoms with van der Waals surface area (Å²) in [6.45, 7) is 0. The highest BCUT2D eigenvalue weighted by Gasteiger charge is 2.09. The van der Waals surface area contributed by atoms with Crippen LogP contribution in [-0.4, -0.2) is 19.1 Å². The van der Waals surface area contributed by atoms with Crippen molar-refractivity contribution in [3.8, 4) is 17.2 Å². The van der Waals surface area contributed by atoms with Gasteiger partial charge in [-0.25, -0.2) is 4.98 Å². The fourth-order valence-electron chi connectivity index (χ4n) is 2.51. The number of aromatic nitrogens is 1. The van der Waals surface area contributed by atoms with Gasteiger partial charge in [0, 0.05) is 31.5 Å². The zero-order valence-corrected chi connectivity index (χ0v) is 12.5. The van der Waals surface area contributed by atoms with Crippen molar-refractivity contribution >= 4 is 22.3 Å². The summed E-state index contributed by atoms with van der Waals surface area (Å²) in [6.07, 6.45) is 1.63. The minimum Gasteiger partial charge on any atom is -0.383 e. The number of nitrogens with zero attached hydrogens (tertiary/aromatic N) is 3. The average molecular weight is 288 g/mol. The van der Waals surface area contributed by atoms with Gasteiger partial charge in [-0.05, 0) is 40.6 Å². The number of nitrogen functional groups attached to an aromatic ring is 1. The summed E-state index contributed by atoms with van der Waals surface area (Å²) >= 11 is 0. The van der Waals surface area contributed by atoms with E-state index in [-0.39, 0.29) is 5.82 Å². The van der Waals surface area contributed by atoms with Crippen LogP contribution in [0.15, 0.2) is 48.7 Å². The van der Waals surface area contributed by atoms with E-state index in [4.69, 9.17) is 5.73 Å². The molecule has 0 saturated carbocycles. The quantitative estimate of drug-likeness (QED) is 0.784. The van der Waals surface area contributed by atoms with Gasteiger partial charge in [0.2, 0.25) is 0 Å². The molecule has 108 valence electrons. The SMILES string of the molecule is CN(C)c1ccc2cc(-c3ccnc(N)c3C#N)ccc2c1. The number of fused-ring (bicyclic) bond motifs is 1. The van der Waals surface area contributed by atoms with E-state index in [1.807, 2.05) is 26.2 Å². The highest BCUT2D eigenvalue weighted by molar-refractivity contribution is 5.91. The van der Waals surface area contributed by atoms with Crippen LogP contribution in [-0.2, 0) is 0 Å². The molecule has 3 rings (SSSR count). The second-order valence-corrected chi connectivity index (χ2v) is 5.37. The number of nitriles is 1. The minimum absolute atomic E-state index is 0.267. The zero-order chi connectivity index (χ0) is 15.7. The standard InChI is InChI=1S/C18H16N4/c1-22(2)15-6-5-12-9-14(4-3-13(12)10-15)16-7-8-21-18(20)17(16)11-19/h3-10H,1-2H3,(H2,20,21). The summed E-state index contributed by atoms with van der Waals surface area (Å²) in [7, 11) is 4.04. The van der Waals surface area contributed by atoms with E-state index in [1.165, 1.54) is 0 Å². The van der Waals surface area contributed by atoms with Crippen LogP contribution in [0.5, 0.6) is 0 Å². The van der Waals surface area contributed by atoms with Crippen molar-refractivity contribution in [1.29, 1.82) is 5.26 Å². The summed E-state index contributed by atoms with van der Waals surface area (Å²) in [6, 6.07) is 16.4. The van der Waals surface area contributed by atoms with Crippen LogP contribution in [0.2, 0.25) is 0 Å². The molecule has 2 N–H and O–H groups in total. The average Bonchev–Trinajstić information content (AvgIpc) is 2.53. The predicted octanol–water partition coefficient (Wildman–Crippen LogP) is 3.42. The predicted molar refractivity (Wildman–Crippen MR) is 90.6 cm³/mol. The maximum Gasteiger partial charge on any atom is 0.141 e. The first-order valence-corrected chi connectivity index (χ1v) is 6.96. The lowest BCUT2D eigenvalue weighted by Gasteiger charge is -2.13. The molecule has 0 radical (unpaired) electrons. The smallest absolute Gasteiger partial charge is 0.141 e. The van der Waals surface area contributed by atoms with Crippen LogP contribution in [0.1, 0.15) is 5.56 Å². The van der Waals surface area contributed by atoms with E-state index in [0.717, 1.165) is 27.6 Å². The number of rotatable bonds is 2. The summed E-state index contributed by atoms with van der Waals surface area (Å²) in [4.78, 5) is 6.05. The monoisotopic (exact) mass is 288 g/mol. The summed E-state index contributed by atoms with van der Waals surface area (Å²) in [5, 5.41) is 11.6. The van der Waals surface area contributed by atoms with Gasteiger partial charge in [0.15, 0.2) is 0 Å². The molecule has 0 aliphatic rings. The van der Waals surface area contributed by atoms with Crippen molar-refractivity contribution in [2.45, 2.75) is 0 Å². The lowest BCUT2D eigenvalue weighted by Crippen LogP contribution is -2.07. The van der Waals surface area contributed by atoms with Crippen LogP contribution in [0.3, 0.4) is 0 Å². The van der Waals surface area contributed by atoms with Crippen LogP contribution in [0.25, 0.3) is 21.9 Å². The Morgan fingerprint density at radius 1 is 1.05 bits per heavy atom. The Kier molecular flexibility index (Phi) is 3.40. The van der Waals surface area contributed by atoms with Crippen molar-refractivity contribution in [3.63, 3.8) is 0 Å². The minimum atomic E-state index is 0.267. The van der Waals surface area contributed by atoms with Gasteiger partial charge < -0.3 is 10.6 Å². The Balaban J connectivity index is 2.16. The molecule has 0 aliphatic carbocycles. The van der Waals surface area contributed by atoms with Gasteiger partial charge in [0.05, 0.1) is 0 Å². The molecule has 0 bridgehead atoms. The first-order chi connectivity index (χ1) is 10.6. The summed E-state index contributed by atoms with van der Waals surface area (Å²) < 4.78 is 0. The highest BCUT2D eigenvalue weighted by atomic mass is 15.1. The Morgan fingerprint density at radius 3 is 2.50 bits per heavy atom. The zero-order valence-electron chi connectivity index (χ0n) is 12.5. The van der Waals surface area contributed by atoms with E-state index in [2.05, 4.69) is 46.3 Å². The number of hydrogen-bond donors (Lipinski definition) is 1. The molecule has 22 heavy (non-hydrogen) atoms. The molecular formula is C18H16N4.